The van der Waals surface area contributed by atoms with Gasteiger partial charge < -0.3 is 10.4 Å². The summed E-state index contributed by atoms with van der Waals surface area (Å²) < 4.78 is 25.9. The molecule has 0 aliphatic heterocycles. The molecule has 1 saturated carbocycles. The van der Waals surface area contributed by atoms with E-state index in [0.29, 0.717) is 25.3 Å². The molecule has 8 heteroatoms. The average Bonchev–Trinajstić information content (AvgIpc) is 2.32. The summed E-state index contributed by atoms with van der Waals surface area (Å²) in [4.78, 5) is 21.7. The highest BCUT2D eigenvalue weighted by molar-refractivity contribution is 7.89. The van der Waals surface area contributed by atoms with E-state index in [0.717, 1.165) is 12.8 Å². The minimum absolute atomic E-state index is 0.0484. The van der Waals surface area contributed by atoms with E-state index in [9.17, 15) is 18.0 Å². The van der Waals surface area contributed by atoms with Gasteiger partial charge in [-0.2, -0.15) is 0 Å². The molecule has 21 heavy (non-hydrogen) atoms. The van der Waals surface area contributed by atoms with Crippen LogP contribution in [0.2, 0.25) is 0 Å². The normalized spacial score (nSPS) is 15.4. The van der Waals surface area contributed by atoms with Crippen LogP contribution in [0.15, 0.2) is 0 Å². The lowest BCUT2D eigenvalue weighted by atomic mass is 9.86. The number of sulfonamides is 1. The highest BCUT2D eigenvalue weighted by Gasteiger charge is 2.20. The summed E-state index contributed by atoms with van der Waals surface area (Å²) in [5.74, 6) is -0.780. The first-order valence-corrected chi connectivity index (χ1v) is 9.00. The Morgan fingerprint density at radius 2 is 1.81 bits per heavy atom. The Morgan fingerprint density at radius 3 is 2.38 bits per heavy atom. The van der Waals surface area contributed by atoms with Gasteiger partial charge in [0.2, 0.25) is 15.9 Å². The fraction of sp³-hybridized carbons (Fsp3) is 0.846. The Hall–Kier alpha value is -1.15. The molecule has 1 aliphatic carbocycles. The van der Waals surface area contributed by atoms with E-state index >= 15 is 0 Å². The van der Waals surface area contributed by atoms with Gasteiger partial charge in [0, 0.05) is 25.9 Å². The molecule has 1 aliphatic rings. The molecule has 3 N–H and O–H groups in total. The zero-order chi connectivity index (χ0) is 15.7. The molecule has 0 radical (unpaired) electrons. The van der Waals surface area contributed by atoms with Crippen molar-refractivity contribution in [3.63, 3.8) is 0 Å². The Kier molecular flexibility index (Phi) is 7.66. The van der Waals surface area contributed by atoms with Crippen LogP contribution >= 0.6 is 0 Å². The van der Waals surface area contributed by atoms with Crippen LogP contribution in [0.5, 0.6) is 0 Å². The molecule has 122 valence electrons. The number of hydrogen-bond acceptors (Lipinski definition) is 4. The van der Waals surface area contributed by atoms with Crippen molar-refractivity contribution < 1.29 is 23.1 Å². The monoisotopic (exact) mass is 320 g/mol. The summed E-state index contributed by atoms with van der Waals surface area (Å²) in [6.07, 6.45) is 4.54. The van der Waals surface area contributed by atoms with E-state index < -0.39 is 16.0 Å². The summed E-state index contributed by atoms with van der Waals surface area (Å²) in [6, 6.07) is 0. The van der Waals surface area contributed by atoms with Crippen molar-refractivity contribution in [3.05, 3.63) is 0 Å². The highest BCUT2D eigenvalue weighted by atomic mass is 32.2. The zero-order valence-electron chi connectivity index (χ0n) is 12.1. The SMILES string of the molecule is O=C(O)CCCCC(=O)NCCS(=O)(=O)NCC1CCC1. The van der Waals surface area contributed by atoms with Crippen molar-refractivity contribution in [1.29, 1.82) is 0 Å². The Morgan fingerprint density at radius 1 is 1.14 bits per heavy atom. The predicted molar refractivity (Wildman–Crippen MR) is 78.2 cm³/mol. The first-order chi connectivity index (χ1) is 9.89. The molecule has 0 atom stereocenters. The van der Waals surface area contributed by atoms with Crippen LogP contribution in [-0.4, -0.2) is 44.2 Å². The maximum atomic E-state index is 11.7. The smallest absolute Gasteiger partial charge is 0.303 e. The maximum absolute atomic E-state index is 11.7. The molecule has 1 fully saturated rings. The van der Waals surface area contributed by atoms with E-state index in [1.54, 1.807) is 0 Å². The number of aliphatic carboxylic acids is 1. The van der Waals surface area contributed by atoms with E-state index in [1.165, 1.54) is 6.42 Å². The Labute approximate surface area is 125 Å². The van der Waals surface area contributed by atoms with Crippen molar-refractivity contribution in [3.8, 4) is 0 Å². The van der Waals surface area contributed by atoms with Gasteiger partial charge in [-0.1, -0.05) is 6.42 Å². The molecular formula is C13H24N2O5S. The molecule has 0 aromatic heterocycles. The molecule has 0 aromatic rings. The number of carboxylic acid groups (broad SMARTS) is 1. The average molecular weight is 320 g/mol. The van der Waals surface area contributed by atoms with Gasteiger partial charge in [-0.15, -0.1) is 0 Å². The lowest BCUT2D eigenvalue weighted by Gasteiger charge is -2.25. The molecule has 7 nitrogen and oxygen atoms in total. The van der Waals surface area contributed by atoms with Gasteiger partial charge >= 0.3 is 5.97 Å². The molecular weight excluding hydrogens is 296 g/mol. The number of rotatable bonds is 11. The highest BCUT2D eigenvalue weighted by Crippen LogP contribution is 2.25. The third-order valence-electron chi connectivity index (χ3n) is 3.55. The summed E-state index contributed by atoms with van der Waals surface area (Å²) in [5.41, 5.74) is 0. The topological polar surface area (TPSA) is 113 Å². The fourth-order valence-corrected chi connectivity index (χ4v) is 2.99. The lowest BCUT2D eigenvalue weighted by Crippen LogP contribution is -2.37. The van der Waals surface area contributed by atoms with Gasteiger partial charge in [0.1, 0.15) is 0 Å². The van der Waals surface area contributed by atoms with Crippen molar-refractivity contribution in [2.45, 2.75) is 44.9 Å². The summed E-state index contributed by atoms with van der Waals surface area (Å²) >= 11 is 0. The van der Waals surface area contributed by atoms with Crippen LogP contribution < -0.4 is 10.0 Å². The second kappa shape index (κ2) is 8.99. The number of nitrogens with one attached hydrogen (secondary N) is 2. The number of carboxylic acids is 1. The molecule has 0 spiro atoms. The second-order valence-electron chi connectivity index (χ2n) is 5.42. The Bertz CT molecular complexity index is 445. The molecule has 0 heterocycles. The van der Waals surface area contributed by atoms with Crippen LogP contribution in [-0.2, 0) is 19.6 Å². The fourth-order valence-electron chi connectivity index (χ4n) is 1.99. The molecule has 0 saturated heterocycles. The molecule has 0 unspecified atom stereocenters. The van der Waals surface area contributed by atoms with Crippen molar-refractivity contribution >= 4 is 21.9 Å². The lowest BCUT2D eigenvalue weighted by molar-refractivity contribution is -0.137. The van der Waals surface area contributed by atoms with E-state index in [2.05, 4.69) is 10.0 Å². The molecule has 1 rings (SSSR count). The van der Waals surface area contributed by atoms with Crippen LogP contribution in [0.4, 0.5) is 0 Å². The van der Waals surface area contributed by atoms with Gasteiger partial charge in [-0.25, -0.2) is 13.1 Å². The third kappa shape index (κ3) is 8.67. The first kappa shape index (κ1) is 17.9. The number of hydrogen-bond donors (Lipinski definition) is 3. The molecule has 0 aromatic carbocycles. The van der Waals surface area contributed by atoms with Gasteiger partial charge in [0.15, 0.2) is 0 Å². The Balaban J connectivity index is 2.05. The summed E-state index contributed by atoms with van der Waals surface area (Å²) in [7, 11) is -3.33. The standard InChI is InChI=1S/C13H24N2O5S/c16-12(6-1-2-7-13(17)18)14-8-9-21(19,20)15-10-11-4-3-5-11/h11,15H,1-10H2,(H,14,16)(H,17,18). The minimum Gasteiger partial charge on any atom is -0.481 e. The van der Waals surface area contributed by atoms with E-state index in [4.69, 9.17) is 5.11 Å². The summed E-state index contributed by atoms with van der Waals surface area (Å²) in [5, 5.41) is 11.0. The number of amides is 1. The molecule has 1 amide bonds. The third-order valence-corrected chi connectivity index (χ3v) is 4.90. The summed E-state index contributed by atoms with van der Waals surface area (Å²) in [6.45, 7) is 0.573. The van der Waals surface area contributed by atoms with Crippen LogP contribution in [0.25, 0.3) is 0 Å². The minimum atomic E-state index is -3.33. The van der Waals surface area contributed by atoms with Crippen LogP contribution in [0, 0.1) is 5.92 Å². The zero-order valence-corrected chi connectivity index (χ0v) is 13.0. The molecule has 0 bridgehead atoms. The first-order valence-electron chi connectivity index (χ1n) is 7.35. The van der Waals surface area contributed by atoms with Gasteiger partial charge in [0.05, 0.1) is 5.75 Å². The van der Waals surface area contributed by atoms with Crippen LogP contribution in [0.1, 0.15) is 44.9 Å². The number of carbonyl (C=O) groups excluding carboxylic acids is 1. The second-order valence-corrected chi connectivity index (χ2v) is 7.34. The van der Waals surface area contributed by atoms with E-state index in [1.807, 2.05) is 0 Å². The van der Waals surface area contributed by atoms with Crippen molar-refractivity contribution in [1.82, 2.24) is 10.0 Å². The number of unbranched alkanes of at least 4 members (excludes halogenated alkanes) is 1. The van der Waals surface area contributed by atoms with E-state index in [-0.39, 0.29) is 31.0 Å². The van der Waals surface area contributed by atoms with Crippen molar-refractivity contribution in [2.24, 2.45) is 5.92 Å². The van der Waals surface area contributed by atoms with Crippen LogP contribution in [0.3, 0.4) is 0 Å². The van der Waals surface area contributed by atoms with Crippen molar-refractivity contribution in [2.75, 3.05) is 18.8 Å². The van der Waals surface area contributed by atoms with Gasteiger partial charge in [-0.05, 0) is 31.6 Å². The largest absolute Gasteiger partial charge is 0.481 e. The van der Waals surface area contributed by atoms with Gasteiger partial charge in [-0.3, -0.25) is 9.59 Å². The predicted octanol–water partition coefficient (Wildman–Crippen LogP) is 0.467. The quantitative estimate of drug-likeness (QED) is 0.479. The number of carbonyl (C=O) groups is 2. The van der Waals surface area contributed by atoms with Gasteiger partial charge in [0.25, 0.3) is 0 Å². The maximum Gasteiger partial charge on any atom is 0.303 e.